The zero-order valence-corrected chi connectivity index (χ0v) is 17.0. The van der Waals surface area contributed by atoms with E-state index in [9.17, 15) is 13.8 Å². The van der Waals surface area contributed by atoms with Crippen LogP contribution in [0.2, 0.25) is 0 Å². The molecule has 0 bridgehead atoms. The lowest BCUT2D eigenvalue weighted by Crippen LogP contribution is -2.16. The van der Waals surface area contributed by atoms with Crippen LogP contribution in [0.4, 0.5) is 10.1 Å². The SMILES string of the molecule is CP(C)(=O)c1cc2c(-c3ccc(F)c4[nH]ncc34)c(N)c(=O)[nH]c2c2cccnc12. The lowest BCUT2D eigenvalue weighted by atomic mass is 9.95. The molecule has 0 saturated heterocycles. The molecule has 2 aromatic carbocycles. The maximum Gasteiger partial charge on any atom is 0.272 e. The highest BCUT2D eigenvalue weighted by molar-refractivity contribution is 7.70. The number of nitrogens with two attached hydrogens (primary N) is 1. The summed E-state index contributed by atoms with van der Waals surface area (Å²) >= 11 is 0. The second-order valence-corrected chi connectivity index (χ2v) is 10.7. The highest BCUT2D eigenvalue weighted by Crippen LogP contribution is 2.42. The van der Waals surface area contributed by atoms with Gasteiger partial charge >= 0.3 is 0 Å². The third-order valence-electron chi connectivity index (χ3n) is 5.31. The monoisotopic (exact) mass is 421 g/mol. The highest BCUT2D eigenvalue weighted by atomic mass is 31.2. The molecule has 150 valence electrons. The molecule has 0 radical (unpaired) electrons. The number of pyridine rings is 2. The predicted octanol–water partition coefficient (Wildman–Crippen LogP) is 3.59. The van der Waals surface area contributed by atoms with E-state index in [1.54, 1.807) is 37.7 Å². The predicted molar refractivity (Wildman–Crippen MR) is 118 cm³/mol. The van der Waals surface area contributed by atoms with E-state index in [-0.39, 0.29) is 11.2 Å². The van der Waals surface area contributed by atoms with E-state index < -0.39 is 18.5 Å². The van der Waals surface area contributed by atoms with Crippen LogP contribution < -0.4 is 16.6 Å². The minimum absolute atomic E-state index is 0.00663. The van der Waals surface area contributed by atoms with Crippen LogP contribution in [-0.2, 0) is 4.57 Å². The average Bonchev–Trinajstić information content (AvgIpc) is 3.20. The molecule has 0 spiro atoms. The van der Waals surface area contributed by atoms with Gasteiger partial charge in [0, 0.05) is 33.2 Å². The third-order valence-corrected chi connectivity index (χ3v) is 6.81. The number of rotatable bonds is 2. The fourth-order valence-corrected chi connectivity index (χ4v) is 5.05. The van der Waals surface area contributed by atoms with Crippen LogP contribution in [0.25, 0.3) is 43.8 Å². The van der Waals surface area contributed by atoms with Crippen LogP contribution in [-0.4, -0.2) is 33.5 Å². The molecule has 30 heavy (non-hydrogen) atoms. The highest BCUT2D eigenvalue weighted by Gasteiger charge is 2.23. The van der Waals surface area contributed by atoms with Gasteiger partial charge in [0.2, 0.25) is 0 Å². The molecular weight excluding hydrogens is 404 g/mol. The summed E-state index contributed by atoms with van der Waals surface area (Å²) in [7, 11) is -2.72. The van der Waals surface area contributed by atoms with Crippen molar-refractivity contribution in [2.75, 3.05) is 19.1 Å². The van der Waals surface area contributed by atoms with Gasteiger partial charge in [0.05, 0.1) is 17.2 Å². The smallest absolute Gasteiger partial charge is 0.272 e. The van der Waals surface area contributed by atoms with E-state index in [1.165, 1.54) is 12.3 Å². The Morgan fingerprint density at radius 3 is 2.67 bits per heavy atom. The van der Waals surface area contributed by atoms with Gasteiger partial charge in [-0.25, -0.2) is 4.39 Å². The van der Waals surface area contributed by atoms with E-state index in [0.717, 1.165) is 0 Å². The number of hydrogen-bond acceptors (Lipinski definition) is 5. The van der Waals surface area contributed by atoms with Crippen LogP contribution in [0.3, 0.4) is 0 Å². The summed E-state index contributed by atoms with van der Waals surface area (Å²) in [6.07, 6.45) is 3.12. The fourth-order valence-electron chi connectivity index (χ4n) is 3.93. The molecule has 9 heteroatoms. The van der Waals surface area contributed by atoms with Crippen molar-refractivity contribution in [1.82, 2.24) is 20.2 Å². The summed E-state index contributed by atoms with van der Waals surface area (Å²) in [5.41, 5.74) is 8.08. The zero-order valence-electron chi connectivity index (χ0n) is 16.2. The van der Waals surface area contributed by atoms with Gasteiger partial charge in [-0.15, -0.1) is 0 Å². The lowest BCUT2D eigenvalue weighted by Gasteiger charge is -2.16. The van der Waals surface area contributed by atoms with Gasteiger partial charge in [-0.2, -0.15) is 5.10 Å². The molecule has 0 saturated carbocycles. The van der Waals surface area contributed by atoms with Crippen LogP contribution in [0, 0.1) is 5.82 Å². The Balaban J connectivity index is 2.05. The summed E-state index contributed by atoms with van der Waals surface area (Å²) in [5.74, 6) is -0.457. The molecule has 4 N–H and O–H groups in total. The van der Waals surface area contributed by atoms with E-state index in [0.29, 0.717) is 43.6 Å². The third kappa shape index (κ3) is 2.57. The van der Waals surface area contributed by atoms with E-state index in [1.807, 2.05) is 6.07 Å². The molecular formula is C21H17FN5O2P. The Kier molecular flexibility index (Phi) is 3.85. The molecule has 0 aliphatic heterocycles. The van der Waals surface area contributed by atoms with E-state index in [4.69, 9.17) is 5.73 Å². The molecule has 7 nitrogen and oxygen atoms in total. The summed E-state index contributed by atoms with van der Waals surface area (Å²) in [5, 5.41) is 8.94. The number of anilines is 1. The Hall–Kier alpha value is -3.51. The molecule has 0 aliphatic carbocycles. The second kappa shape index (κ2) is 6.24. The fraction of sp³-hybridized carbons (Fsp3) is 0.0952. The second-order valence-electron chi connectivity index (χ2n) is 7.57. The van der Waals surface area contributed by atoms with Crippen molar-refractivity contribution in [2.45, 2.75) is 0 Å². The van der Waals surface area contributed by atoms with Gasteiger partial charge in [-0.05, 0) is 43.2 Å². The number of benzene rings is 2. The standard InChI is InChI=1S/C21H17FN5O2P/c1-30(2,29)15-8-12-16(10-5-6-14(22)19-13(10)9-25-27-19)17(23)21(28)26-18(12)11-4-3-7-24-20(11)15/h3-9H,23H2,1-2H3,(H,25,27)(H,26,28). The first-order valence-corrected chi connectivity index (χ1v) is 11.8. The van der Waals surface area contributed by atoms with Gasteiger partial charge in [-0.3, -0.25) is 14.9 Å². The van der Waals surface area contributed by atoms with Crippen molar-refractivity contribution in [2.24, 2.45) is 0 Å². The summed E-state index contributed by atoms with van der Waals surface area (Å²) in [4.78, 5) is 20.0. The quantitative estimate of drug-likeness (QED) is 0.297. The molecule has 3 heterocycles. The van der Waals surface area contributed by atoms with E-state index in [2.05, 4.69) is 20.2 Å². The van der Waals surface area contributed by atoms with Crippen molar-refractivity contribution < 1.29 is 8.96 Å². The number of aromatic amines is 2. The maximum atomic E-state index is 14.2. The van der Waals surface area contributed by atoms with Gasteiger partial charge in [-0.1, -0.05) is 6.07 Å². The molecule has 0 aliphatic rings. The zero-order chi connectivity index (χ0) is 21.2. The first-order chi connectivity index (χ1) is 14.3. The van der Waals surface area contributed by atoms with E-state index >= 15 is 0 Å². The van der Waals surface area contributed by atoms with Crippen LogP contribution >= 0.6 is 7.14 Å². The normalized spacial score (nSPS) is 12.2. The van der Waals surface area contributed by atoms with Crippen molar-refractivity contribution >= 4 is 50.8 Å². The van der Waals surface area contributed by atoms with Gasteiger partial charge in [0.25, 0.3) is 5.56 Å². The number of halogens is 1. The number of aromatic nitrogens is 4. The van der Waals surface area contributed by atoms with Crippen molar-refractivity contribution in [3.05, 3.63) is 58.9 Å². The van der Waals surface area contributed by atoms with Crippen LogP contribution in [0.15, 0.2) is 47.5 Å². The van der Waals surface area contributed by atoms with Gasteiger partial charge in [0.1, 0.15) is 24.2 Å². The summed E-state index contributed by atoms with van der Waals surface area (Å²) in [6.45, 7) is 3.34. The molecule has 3 aromatic heterocycles. The van der Waals surface area contributed by atoms with Gasteiger partial charge in [0.15, 0.2) is 0 Å². The molecule has 5 rings (SSSR count). The largest absolute Gasteiger partial charge is 0.394 e. The molecule has 0 amide bonds. The van der Waals surface area contributed by atoms with Crippen molar-refractivity contribution in [3.8, 4) is 11.1 Å². The number of hydrogen-bond donors (Lipinski definition) is 3. The molecule has 0 fully saturated rings. The number of nitrogens with zero attached hydrogens (tertiary/aromatic N) is 2. The number of nitrogen functional groups attached to an aromatic ring is 1. The number of nitrogens with one attached hydrogen (secondary N) is 2. The number of fused-ring (bicyclic) bond motifs is 4. The summed E-state index contributed by atoms with van der Waals surface area (Å²) in [6, 6.07) is 8.21. The Morgan fingerprint density at radius 1 is 1.10 bits per heavy atom. The molecule has 0 atom stereocenters. The lowest BCUT2D eigenvalue weighted by molar-refractivity contribution is 0.588. The van der Waals surface area contributed by atoms with Crippen molar-refractivity contribution in [1.29, 1.82) is 0 Å². The summed E-state index contributed by atoms with van der Waals surface area (Å²) < 4.78 is 27.3. The van der Waals surface area contributed by atoms with Crippen LogP contribution in [0.1, 0.15) is 0 Å². The average molecular weight is 421 g/mol. The Labute approximate surface area is 169 Å². The molecule has 5 aromatic rings. The van der Waals surface area contributed by atoms with Crippen molar-refractivity contribution in [3.63, 3.8) is 0 Å². The molecule has 0 unspecified atom stereocenters. The Bertz CT molecular complexity index is 1600. The first-order valence-electron chi connectivity index (χ1n) is 9.18. The maximum absolute atomic E-state index is 14.2. The topological polar surface area (TPSA) is 118 Å². The minimum atomic E-state index is -2.72. The van der Waals surface area contributed by atoms with Gasteiger partial charge < -0.3 is 15.3 Å². The van der Waals surface area contributed by atoms with Crippen LogP contribution in [0.5, 0.6) is 0 Å². The number of H-pyrrole nitrogens is 2. The minimum Gasteiger partial charge on any atom is -0.394 e. The first kappa shape index (κ1) is 18.5. The Morgan fingerprint density at radius 2 is 1.90 bits per heavy atom.